The fourth-order valence-electron chi connectivity index (χ4n) is 2.44. The molecule has 2 heterocycles. The second-order valence-electron chi connectivity index (χ2n) is 4.43. The van der Waals surface area contributed by atoms with Crippen LogP contribution < -0.4 is 5.32 Å². The van der Waals surface area contributed by atoms with Crippen molar-refractivity contribution in [3.05, 3.63) is 0 Å². The van der Waals surface area contributed by atoms with E-state index in [-0.39, 0.29) is 0 Å². The quantitative estimate of drug-likeness (QED) is 0.679. The molecule has 2 aliphatic rings. The third kappa shape index (κ3) is 1.80. The largest absolute Gasteiger partial charge is 0.378 e. The Bertz CT molecular complexity index is 146. The molecule has 2 atom stereocenters. The van der Waals surface area contributed by atoms with E-state index in [1.807, 2.05) is 0 Å². The van der Waals surface area contributed by atoms with Crippen molar-refractivity contribution >= 4 is 0 Å². The molecule has 0 aromatic carbocycles. The van der Waals surface area contributed by atoms with Crippen LogP contribution in [0.3, 0.4) is 0 Å². The molecule has 0 aliphatic carbocycles. The molecule has 2 unspecified atom stereocenters. The first-order valence-corrected chi connectivity index (χ1v) is 5.15. The van der Waals surface area contributed by atoms with Crippen molar-refractivity contribution in [2.75, 3.05) is 13.2 Å². The molecule has 2 saturated heterocycles. The molecule has 12 heavy (non-hydrogen) atoms. The normalized spacial score (nSPS) is 42.2. The molecule has 70 valence electrons. The highest BCUT2D eigenvalue weighted by atomic mass is 16.5. The SMILES string of the molecule is CC1(CC2CCCO2)CCCN1. The molecule has 2 fully saturated rings. The van der Waals surface area contributed by atoms with Gasteiger partial charge in [-0.05, 0) is 45.6 Å². The third-order valence-electron chi connectivity index (χ3n) is 3.16. The maximum absolute atomic E-state index is 5.64. The topological polar surface area (TPSA) is 21.3 Å². The van der Waals surface area contributed by atoms with E-state index in [1.54, 1.807) is 0 Å². The van der Waals surface area contributed by atoms with Gasteiger partial charge in [-0.15, -0.1) is 0 Å². The summed E-state index contributed by atoms with van der Waals surface area (Å²) in [5.41, 5.74) is 0.384. The van der Waals surface area contributed by atoms with Crippen LogP contribution in [-0.2, 0) is 4.74 Å². The summed E-state index contributed by atoms with van der Waals surface area (Å²) in [6, 6.07) is 0. The van der Waals surface area contributed by atoms with E-state index in [0.717, 1.165) is 6.61 Å². The minimum atomic E-state index is 0.384. The summed E-state index contributed by atoms with van der Waals surface area (Å²) in [6.07, 6.45) is 6.96. The molecule has 0 radical (unpaired) electrons. The Morgan fingerprint density at radius 2 is 2.42 bits per heavy atom. The number of rotatable bonds is 2. The van der Waals surface area contributed by atoms with E-state index in [0.29, 0.717) is 11.6 Å². The highest BCUT2D eigenvalue weighted by Crippen LogP contribution is 2.28. The van der Waals surface area contributed by atoms with Gasteiger partial charge >= 0.3 is 0 Å². The molecule has 2 rings (SSSR count). The number of ether oxygens (including phenoxy) is 1. The van der Waals surface area contributed by atoms with Crippen molar-refractivity contribution < 1.29 is 4.74 Å². The monoisotopic (exact) mass is 169 g/mol. The Hall–Kier alpha value is -0.0800. The van der Waals surface area contributed by atoms with E-state index in [9.17, 15) is 0 Å². The minimum Gasteiger partial charge on any atom is -0.378 e. The van der Waals surface area contributed by atoms with Crippen molar-refractivity contribution in [1.29, 1.82) is 0 Å². The molecule has 0 amide bonds. The van der Waals surface area contributed by atoms with Gasteiger partial charge in [0.2, 0.25) is 0 Å². The maximum atomic E-state index is 5.64. The van der Waals surface area contributed by atoms with Crippen molar-refractivity contribution in [2.24, 2.45) is 0 Å². The fourth-order valence-corrected chi connectivity index (χ4v) is 2.44. The van der Waals surface area contributed by atoms with Gasteiger partial charge in [0.25, 0.3) is 0 Å². The fraction of sp³-hybridized carbons (Fsp3) is 1.00. The van der Waals surface area contributed by atoms with Crippen LogP contribution in [0, 0.1) is 0 Å². The van der Waals surface area contributed by atoms with E-state index in [4.69, 9.17) is 4.74 Å². The Morgan fingerprint density at radius 1 is 1.50 bits per heavy atom. The van der Waals surface area contributed by atoms with Crippen LogP contribution in [0.4, 0.5) is 0 Å². The van der Waals surface area contributed by atoms with Crippen molar-refractivity contribution in [2.45, 2.75) is 50.7 Å². The van der Waals surface area contributed by atoms with E-state index < -0.39 is 0 Å². The van der Waals surface area contributed by atoms with Crippen LogP contribution in [0.2, 0.25) is 0 Å². The average molecular weight is 169 g/mol. The Labute approximate surface area is 74.7 Å². The molecule has 2 aliphatic heterocycles. The molecule has 0 saturated carbocycles. The van der Waals surface area contributed by atoms with Crippen LogP contribution in [0.15, 0.2) is 0 Å². The maximum Gasteiger partial charge on any atom is 0.0593 e. The lowest BCUT2D eigenvalue weighted by atomic mass is 9.92. The summed E-state index contributed by atoms with van der Waals surface area (Å²) in [6.45, 7) is 4.52. The molecule has 0 aromatic heterocycles. The van der Waals surface area contributed by atoms with Crippen molar-refractivity contribution in [3.63, 3.8) is 0 Å². The number of hydrogen-bond acceptors (Lipinski definition) is 2. The lowest BCUT2D eigenvalue weighted by molar-refractivity contribution is 0.0822. The summed E-state index contributed by atoms with van der Waals surface area (Å²) in [5, 5.41) is 3.58. The molecule has 2 nitrogen and oxygen atoms in total. The zero-order chi connectivity index (χ0) is 8.44. The molecule has 0 bridgehead atoms. The molecule has 0 spiro atoms. The molecular formula is C10H19NO. The van der Waals surface area contributed by atoms with E-state index >= 15 is 0 Å². The van der Waals surface area contributed by atoms with Crippen LogP contribution in [0.1, 0.15) is 39.0 Å². The van der Waals surface area contributed by atoms with Gasteiger partial charge in [0.15, 0.2) is 0 Å². The number of hydrogen-bond donors (Lipinski definition) is 1. The van der Waals surface area contributed by atoms with Gasteiger partial charge < -0.3 is 10.1 Å². The molecule has 1 N–H and O–H groups in total. The summed E-state index contributed by atoms with van der Waals surface area (Å²) in [4.78, 5) is 0. The molecular weight excluding hydrogens is 150 g/mol. The van der Waals surface area contributed by atoms with E-state index in [2.05, 4.69) is 12.2 Å². The van der Waals surface area contributed by atoms with Gasteiger partial charge in [-0.2, -0.15) is 0 Å². The van der Waals surface area contributed by atoms with Crippen LogP contribution in [0.5, 0.6) is 0 Å². The zero-order valence-electron chi connectivity index (χ0n) is 7.94. The first-order chi connectivity index (χ1) is 5.79. The summed E-state index contributed by atoms with van der Waals surface area (Å²) in [7, 11) is 0. The van der Waals surface area contributed by atoms with Crippen molar-refractivity contribution in [1.82, 2.24) is 5.32 Å². The van der Waals surface area contributed by atoms with Crippen molar-refractivity contribution in [3.8, 4) is 0 Å². The highest BCUT2D eigenvalue weighted by molar-refractivity contribution is 4.91. The first kappa shape index (κ1) is 8.52. The predicted octanol–water partition coefficient (Wildman–Crippen LogP) is 1.70. The van der Waals surface area contributed by atoms with E-state index in [1.165, 1.54) is 38.6 Å². The van der Waals surface area contributed by atoms with Gasteiger partial charge in [-0.1, -0.05) is 0 Å². The van der Waals surface area contributed by atoms with Gasteiger partial charge in [-0.25, -0.2) is 0 Å². The third-order valence-corrected chi connectivity index (χ3v) is 3.16. The standard InChI is InChI=1S/C10H19NO/c1-10(5-3-6-11-10)8-9-4-2-7-12-9/h9,11H,2-8H2,1H3. The minimum absolute atomic E-state index is 0.384. The summed E-state index contributed by atoms with van der Waals surface area (Å²) in [5.74, 6) is 0. The van der Waals surface area contributed by atoms with Crippen LogP contribution >= 0.6 is 0 Å². The second kappa shape index (κ2) is 3.35. The van der Waals surface area contributed by atoms with Gasteiger partial charge in [-0.3, -0.25) is 0 Å². The summed E-state index contributed by atoms with van der Waals surface area (Å²) >= 11 is 0. The average Bonchev–Trinajstić information content (AvgIpc) is 2.62. The first-order valence-electron chi connectivity index (χ1n) is 5.15. The Kier molecular flexibility index (Phi) is 2.37. The van der Waals surface area contributed by atoms with Gasteiger partial charge in [0.1, 0.15) is 0 Å². The van der Waals surface area contributed by atoms with Gasteiger partial charge in [0.05, 0.1) is 6.10 Å². The Balaban J connectivity index is 1.83. The van der Waals surface area contributed by atoms with Crippen LogP contribution in [0.25, 0.3) is 0 Å². The predicted molar refractivity (Wildman–Crippen MR) is 49.2 cm³/mol. The highest BCUT2D eigenvalue weighted by Gasteiger charge is 2.32. The molecule has 2 heteroatoms. The number of nitrogens with one attached hydrogen (secondary N) is 1. The lowest BCUT2D eigenvalue weighted by Gasteiger charge is -2.27. The lowest BCUT2D eigenvalue weighted by Crippen LogP contribution is -2.39. The smallest absolute Gasteiger partial charge is 0.0593 e. The van der Waals surface area contributed by atoms with Gasteiger partial charge in [0, 0.05) is 12.1 Å². The second-order valence-corrected chi connectivity index (χ2v) is 4.43. The summed E-state index contributed by atoms with van der Waals surface area (Å²) < 4.78 is 5.64. The zero-order valence-corrected chi connectivity index (χ0v) is 7.94. The van der Waals surface area contributed by atoms with Crippen LogP contribution in [-0.4, -0.2) is 24.8 Å². The molecule has 0 aromatic rings. The Morgan fingerprint density at radius 3 is 3.00 bits per heavy atom.